The van der Waals surface area contributed by atoms with Gasteiger partial charge in [-0.1, -0.05) is 23.7 Å². The number of fused-ring (bicyclic) bond motifs is 1. The number of carbonyl (C=O) groups is 1. The summed E-state index contributed by atoms with van der Waals surface area (Å²) in [7, 11) is 3.08. The lowest BCUT2D eigenvalue weighted by Gasteiger charge is -2.11. The molecule has 25 heavy (non-hydrogen) atoms. The highest BCUT2D eigenvalue weighted by molar-refractivity contribution is 6.30. The van der Waals surface area contributed by atoms with Gasteiger partial charge in [-0.15, -0.1) is 0 Å². The number of nitrogens with two attached hydrogens (primary N) is 1. The lowest BCUT2D eigenvalue weighted by atomic mass is 9.99. The first-order chi connectivity index (χ1) is 12.0. The molecule has 4 N–H and O–H groups in total. The fourth-order valence-corrected chi connectivity index (χ4v) is 2.96. The second kappa shape index (κ2) is 6.66. The number of carbonyl (C=O) groups excluding carboxylic acids is 1. The van der Waals surface area contributed by atoms with E-state index in [9.17, 15) is 9.90 Å². The zero-order valence-electron chi connectivity index (χ0n) is 13.7. The average Bonchev–Trinajstić information content (AvgIpc) is 3.00. The number of methoxy groups -OCH3 is 2. The van der Waals surface area contributed by atoms with Gasteiger partial charge in [0.15, 0.2) is 6.10 Å². The van der Waals surface area contributed by atoms with Crippen LogP contribution in [-0.2, 0) is 4.79 Å². The summed E-state index contributed by atoms with van der Waals surface area (Å²) < 4.78 is 10.8. The van der Waals surface area contributed by atoms with Gasteiger partial charge in [-0.3, -0.25) is 4.79 Å². The number of ether oxygens (including phenoxy) is 2. The van der Waals surface area contributed by atoms with Crippen LogP contribution in [0.2, 0.25) is 5.02 Å². The third-order valence-electron chi connectivity index (χ3n) is 4.00. The fourth-order valence-electron chi connectivity index (χ4n) is 2.83. The van der Waals surface area contributed by atoms with E-state index in [0.29, 0.717) is 33.0 Å². The molecule has 0 radical (unpaired) electrons. The quantitative estimate of drug-likeness (QED) is 0.651. The Hall–Kier alpha value is -2.70. The van der Waals surface area contributed by atoms with Gasteiger partial charge in [-0.2, -0.15) is 0 Å². The Bertz CT molecular complexity index is 934. The number of nitrogens with one attached hydrogen (secondary N) is 1. The molecule has 0 spiro atoms. The van der Waals surface area contributed by atoms with E-state index in [4.69, 9.17) is 26.8 Å². The van der Waals surface area contributed by atoms with Gasteiger partial charge in [0.1, 0.15) is 11.5 Å². The van der Waals surface area contributed by atoms with Gasteiger partial charge in [0.25, 0.3) is 5.91 Å². The molecule has 6 nitrogen and oxygen atoms in total. The van der Waals surface area contributed by atoms with Gasteiger partial charge in [0.05, 0.1) is 25.4 Å². The number of hydrogen-bond donors (Lipinski definition) is 3. The molecule has 0 fully saturated rings. The van der Waals surface area contributed by atoms with Crippen LogP contribution in [0.1, 0.15) is 11.8 Å². The lowest BCUT2D eigenvalue weighted by molar-refractivity contribution is -0.126. The van der Waals surface area contributed by atoms with Crippen molar-refractivity contribution in [3.05, 3.63) is 47.1 Å². The van der Waals surface area contributed by atoms with Crippen molar-refractivity contribution in [1.82, 2.24) is 4.98 Å². The maximum atomic E-state index is 11.6. The Morgan fingerprint density at radius 3 is 2.44 bits per heavy atom. The van der Waals surface area contributed by atoms with E-state index in [0.717, 1.165) is 5.56 Å². The number of aromatic nitrogens is 1. The molecule has 0 aliphatic rings. The van der Waals surface area contributed by atoms with Crippen molar-refractivity contribution < 1.29 is 19.4 Å². The zero-order valence-corrected chi connectivity index (χ0v) is 14.4. The van der Waals surface area contributed by atoms with E-state index in [2.05, 4.69) is 4.98 Å². The van der Waals surface area contributed by atoms with E-state index in [1.54, 1.807) is 43.5 Å². The van der Waals surface area contributed by atoms with E-state index in [-0.39, 0.29) is 5.69 Å². The molecule has 3 rings (SSSR count). The van der Waals surface area contributed by atoms with Crippen molar-refractivity contribution in [2.45, 2.75) is 6.10 Å². The Morgan fingerprint density at radius 2 is 1.88 bits per heavy atom. The van der Waals surface area contributed by atoms with Crippen molar-refractivity contribution in [2.75, 3.05) is 14.2 Å². The summed E-state index contributed by atoms with van der Waals surface area (Å²) in [6.45, 7) is 0. The molecule has 0 saturated carbocycles. The maximum Gasteiger partial charge on any atom is 0.252 e. The fraction of sp³-hybridized carbons (Fsp3) is 0.167. The van der Waals surface area contributed by atoms with Gasteiger partial charge in [0, 0.05) is 28.1 Å². The summed E-state index contributed by atoms with van der Waals surface area (Å²) >= 11 is 5.97. The first kappa shape index (κ1) is 17.1. The summed E-state index contributed by atoms with van der Waals surface area (Å²) in [6.07, 6.45) is -1.49. The van der Waals surface area contributed by atoms with Gasteiger partial charge in [0.2, 0.25) is 0 Å². The van der Waals surface area contributed by atoms with E-state index >= 15 is 0 Å². The highest BCUT2D eigenvalue weighted by Crippen LogP contribution is 2.42. The van der Waals surface area contributed by atoms with Crippen molar-refractivity contribution in [1.29, 1.82) is 0 Å². The first-order valence-corrected chi connectivity index (χ1v) is 7.85. The van der Waals surface area contributed by atoms with Crippen LogP contribution >= 0.6 is 11.6 Å². The van der Waals surface area contributed by atoms with Crippen LogP contribution in [-0.4, -0.2) is 30.2 Å². The number of halogens is 1. The number of aliphatic hydroxyl groups is 1. The van der Waals surface area contributed by atoms with Crippen LogP contribution in [0, 0.1) is 0 Å². The van der Waals surface area contributed by atoms with Crippen molar-refractivity contribution in [3.8, 4) is 22.6 Å². The second-order valence-corrected chi connectivity index (χ2v) is 5.91. The Balaban J connectivity index is 2.38. The maximum absolute atomic E-state index is 11.6. The van der Waals surface area contributed by atoms with Crippen LogP contribution in [0.4, 0.5) is 0 Å². The largest absolute Gasteiger partial charge is 0.497 e. The molecule has 1 heterocycles. The summed E-state index contributed by atoms with van der Waals surface area (Å²) in [4.78, 5) is 14.6. The SMILES string of the molecule is COc1cc(OC)c2c(-c3ccc(Cl)cc3)c(C(O)C(N)=O)[nH]c2c1. The highest BCUT2D eigenvalue weighted by atomic mass is 35.5. The second-order valence-electron chi connectivity index (χ2n) is 5.48. The third kappa shape index (κ3) is 3.01. The number of rotatable bonds is 5. The van der Waals surface area contributed by atoms with Crippen molar-refractivity contribution in [2.24, 2.45) is 5.73 Å². The van der Waals surface area contributed by atoms with Gasteiger partial charge >= 0.3 is 0 Å². The number of primary amides is 1. The summed E-state index contributed by atoms with van der Waals surface area (Å²) in [5.74, 6) is 0.263. The van der Waals surface area contributed by atoms with Crippen LogP contribution in [0.15, 0.2) is 36.4 Å². The van der Waals surface area contributed by atoms with Gasteiger partial charge < -0.3 is 25.3 Å². The first-order valence-electron chi connectivity index (χ1n) is 7.47. The zero-order chi connectivity index (χ0) is 18.1. The normalized spacial score (nSPS) is 12.2. The van der Waals surface area contributed by atoms with E-state index in [1.807, 2.05) is 0 Å². The number of aromatic amines is 1. The number of benzene rings is 2. The number of aliphatic hydroxyl groups excluding tert-OH is 1. The molecule has 0 aliphatic carbocycles. The van der Waals surface area contributed by atoms with Gasteiger partial charge in [-0.05, 0) is 17.7 Å². The molecule has 1 atom stereocenters. The molecule has 0 aliphatic heterocycles. The molecular weight excluding hydrogens is 344 g/mol. The number of hydrogen-bond acceptors (Lipinski definition) is 4. The molecule has 1 unspecified atom stereocenters. The molecular formula is C18H17ClN2O4. The molecule has 1 amide bonds. The molecule has 0 bridgehead atoms. The van der Waals surface area contributed by atoms with Crippen LogP contribution in [0.5, 0.6) is 11.5 Å². The lowest BCUT2D eigenvalue weighted by Crippen LogP contribution is -2.21. The predicted molar refractivity (Wildman–Crippen MR) is 96.0 cm³/mol. The Kier molecular flexibility index (Phi) is 4.57. The highest BCUT2D eigenvalue weighted by Gasteiger charge is 2.25. The molecule has 2 aromatic carbocycles. The molecule has 1 aromatic heterocycles. The summed E-state index contributed by atoms with van der Waals surface area (Å²) in [6, 6.07) is 10.5. The van der Waals surface area contributed by atoms with Crippen molar-refractivity contribution in [3.63, 3.8) is 0 Å². The molecule has 7 heteroatoms. The van der Waals surface area contributed by atoms with Crippen LogP contribution < -0.4 is 15.2 Å². The minimum Gasteiger partial charge on any atom is -0.497 e. The van der Waals surface area contributed by atoms with E-state index < -0.39 is 12.0 Å². The van der Waals surface area contributed by atoms with E-state index in [1.165, 1.54) is 7.11 Å². The van der Waals surface area contributed by atoms with Crippen LogP contribution in [0.25, 0.3) is 22.0 Å². The monoisotopic (exact) mass is 360 g/mol. The van der Waals surface area contributed by atoms with Crippen molar-refractivity contribution >= 4 is 28.4 Å². The molecule has 0 saturated heterocycles. The molecule has 3 aromatic rings. The third-order valence-corrected chi connectivity index (χ3v) is 4.25. The molecule has 130 valence electrons. The minimum absolute atomic E-state index is 0.288. The summed E-state index contributed by atoms with van der Waals surface area (Å²) in [5, 5.41) is 11.6. The Morgan fingerprint density at radius 1 is 1.20 bits per heavy atom. The smallest absolute Gasteiger partial charge is 0.252 e. The predicted octanol–water partition coefficient (Wildman–Crippen LogP) is 3.02. The Labute approximate surface area is 149 Å². The van der Waals surface area contributed by atoms with Gasteiger partial charge in [-0.25, -0.2) is 0 Å². The standard InChI is InChI=1S/C18H17ClN2O4/c1-24-11-7-12-15(13(8-11)25-2)14(9-3-5-10(19)6-4-9)16(21-12)17(22)18(20)23/h3-8,17,21-22H,1-2H3,(H2,20,23). The minimum atomic E-state index is -1.49. The number of amides is 1. The summed E-state index contributed by atoms with van der Waals surface area (Å²) in [5.41, 5.74) is 7.62. The van der Waals surface area contributed by atoms with Crippen LogP contribution in [0.3, 0.4) is 0 Å². The number of H-pyrrole nitrogens is 1. The average molecular weight is 361 g/mol. The topological polar surface area (TPSA) is 97.6 Å².